The minimum Gasteiger partial charge on any atom is -0.489 e. The molecule has 0 bridgehead atoms. The van der Waals surface area contributed by atoms with Gasteiger partial charge in [0.1, 0.15) is 12.4 Å². The Hall–Kier alpha value is -2.80. The van der Waals surface area contributed by atoms with Crippen LogP contribution < -0.4 is 4.74 Å². The fraction of sp³-hybridized carbons (Fsp3) is 0.125. The number of rotatable bonds is 4. The van der Waals surface area contributed by atoms with E-state index in [0.29, 0.717) is 17.9 Å². The first-order valence-corrected chi connectivity index (χ1v) is 6.14. The highest BCUT2D eigenvalue weighted by Crippen LogP contribution is 2.15. The van der Waals surface area contributed by atoms with Crippen LogP contribution in [0.5, 0.6) is 5.75 Å². The van der Waals surface area contributed by atoms with Gasteiger partial charge in [-0.15, -0.1) is 0 Å². The number of hydrogen-bond acceptors (Lipinski definition) is 4. The molecule has 0 spiro atoms. The molecule has 0 aliphatic carbocycles. The molecule has 0 atom stereocenters. The molecule has 2 aromatic carbocycles. The quantitative estimate of drug-likeness (QED) is 0.524. The molecule has 0 fully saturated rings. The second kappa shape index (κ2) is 6.39. The zero-order valence-corrected chi connectivity index (χ0v) is 11.1. The molecular weight excluding hydrogens is 252 g/mol. The van der Waals surface area contributed by atoms with E-state index in [1.807, 2.05) is 36.4 Å². The summed E-state index contributed by atoms with van der Waals surface area (Å²) in [5.74, 6) is 0.740. The summed E-state index contributed by atoms with van der Waals surface area (Å²) in [4.78, 5) is 0. The Labute approximate surface area is 117 Å². The van der Waals surface area contributed by atoms with Crippen molar-refractivity contribution in [3.8, 4) is 11.8 Å². The summed E-state index contributed by atoms with van der Waals surface area (Å²) >= 11 is 0. The maximum Gasteiger partial charge on any atom is 0.119 e. The monoisotopic (exact) mass is 266 g/mol. The van der Waals surface area contributed by atoms with Crippen LogP contribution in [-0.2, 0) is 6.61 Å². The van der Waals surface area contributed by atoms with Crippen LogP contribution >= 0.6 is 0 Å². The van der Waals surface area contributed by atoms with Crippen molar-refractivity contribution in [1.29, 1.82) is 5.26 Å². The topological polar surface area (TPSA) is 65.6 Å². The van der Waals surface area contributed by atoms with Gasteiger partial charge in [0, 0.05) is 0 Å². The number of hydrogen-bond donors (Lipinski definition) is 1. The predicted molar refractivity (Wildman–Crippen MR) is 75.9 cm³/mol. The fourth-order valence-corrected chi connectivity index (χ4v) is 1.69. The number of oxime groups is 1. The van der Waals surface area contributed by atoms with E-state index in [1.54, 1.807) is 19.1 Å². The number of benzene rings is 2. The molecule has 0 aromatic heterocycles. The van der Waals surface area contributed by atoms with Gasteiger partial charge in [-0.3, -0.25) is 0 Å². The van der Waals surface area contributed by atoms with Crippen LogP contribution in [0.4, 0.5) is 0 Å². The van der Waals surface area contributed by atoms with Gasteiger partial charge in [-0.05, 0) is 54.4 Å². The Morgan fingerprint density at radius 2 is 1.80 bits per heavy atom. The molecule has 0 unspecified atom stereocenters. The molecule has 0 aliphatic rings. The minimum atomic E-state index is 0.443. The standard InChI is InChI=1S/C16H14N2O2/c1-12(18-19)15-6-8-16(9-7-15)20-11-14-4-2-13(10-17)3-5-14/h2-9,19H,11H2,1H3/b18-12+. The van der Waals surface area contributed by atoms with Gasteiger partial charge in [0.2, 0.25) is 0 Å². The van der Waals surface area contributed by atoms with Crippen LogP contribution in [0.1, 0.15) is 23.6 Å². The summed E-state index contributed by atoms with van der Waals surface area (Å²) in [6.07, 6.45) is 0. The largest absolute Gasteiger partial charge is 0.489 e. The molecule has 0 radical (unpaired) electrons. The zero-order valence-electron chi connectivity index (χ0n) is 11.1. The van der Waals surface area contributed by atoms with Crippen molar-refractivity contribution in [1.82, 2.24) is 0 Å². The van der Waals surface area contributed by atoms with Crippen LogP contribution in [0, 0.1) is 11.3 Å². The Morgan fingerprint density at radius 1 is 1.15 bits per heavy atom. The zero-order chi connectivity index (χ0) is 14.4. The predicted octanol–water partition coefficient (Wildman–Crippen LogP) is 3.34. The van der Waals surface area contributed by atoms with Crippen molar-refractivity contribution < 1.29 is 9.94 Å². The molecular formula is C16H14N2O2. The Bertz CT molecular complexity index is 638. The van der Waals surface area contributed by atoms with Gasteiger partial charge in [-0.2, -0.15) is 5.26 Å². The third kappa shape index (κ3) is 3.36. The van der Waals surface area contributed by atoms with Crippen molar-refractivity contribution in [2.75, 3.05) is 0 Å². The van der Waals surface area contributed by atoms with Crippen molar-refractivity contribution in [2.45, 2.75) is 13.5 Å². The van der Waals surface area contributed by atoms with Crippen molar-refractivity contribution >= 4 is 5.71 Å². The minimum absolute atomic E-state index is 0.443. The normalized spacial score (nSPS) is 10.9. The van der Waals surface area contributed by atoms with E-state index in [4.69, 9.17) is 15.2 Å². The van der Waals surface area contributed by atoms with Crippen LogP contribution in [0.2, 0.25) is 0 Å². The van der Waals surface area contributed by atoms with Crippen LogP contribution in [0.15, 0.2) is 53.7 Å². The first kappa shape index (κ1) is 13.6. The third-order valence-electron chi connectivity index (χ3n) is 2.91. The van der Waals surface area contributed by atoms with E-state index in [-0.39, 0.29) is 0 Å². The molecule has 0 saturated carbocycles. The Morgan fingerprint density at radius 3 is 2.35 bits per heavy atom. The first-order valence-electron chi connectivity index (χ1n) is 6.14. The molecule has 4 heteroatoms. The van der Waals surface area contributed by atoms with Gasteiger partial charge in [0.15, 0.2) is 0 Å². The van der Waals surface area contributed by atoms with E-state index >= 15 is 0 Å². The van der Waals surface area contributed by atoms with Gasteiger partial charge >= 0.3 is 0 Å². The summed E-state index contributed by atoms with van der Waals surface area (Å²) in [5.41, 5.74) is 3.04. The second-order valence-corrected chi connectivity index (χ2v) is 4.31. The van der Waals surface area contributed by atoms with E-state index < -0.39 is 0 Å². The van der Waals surface area contributed by atoms with E-state index in [1.165, 1.54) is 0 Å². The number of nitrogens with zero attached hydrogens (tertiary/aromatic N) is 2. The molecule has 0 amide bonds. The highest BCUT2D eigenvalue weighted by Gasteiger charge is 2.00. The van der Waals surface area contributed by atoms with Crippen molar-refractivity contribution in [2.24, 2.45) is 5.16 Å². The molecule has 100 valence electrons. The lowest BCUT2D eigenvalue weighted by Gasteiger charge is -2.07. The lowest BCUT2D eigenvalue weighted by atomic mass is 10.1. The highest BCUT2D eigenvalue weighted by atomic mass is 16.5. The number of nitriles is 1. The summed E-state index contributed by atoms with van der Waals surface area (Å²) < 4.78 is 5.65. The molecule has 0 aliphatic heterocycles. The summed E-state index contributed by atoms with van der Waals surface area (Å²) in [6.45, 7) is 2.17. The van der Waals surface area contributed by atoms with Crippen LogP contribution in [0.3, 0.4) is 0 Å². The lowest BCUT2D eigenvalue weighted by molar-refractivity contribution is 0.306. The third-order valence-corrected chi connectivity index (χ3v) is 2.91. The summed E-state index contributed by atoms with van der Waals surface area (Å²) in [6, 6.07) is 16.7. The van der Waals surface area contributed by atoms with Crippen molar-refractivity contribution in [3.05, 3.63) is 65.2 Å². The highest BCUT2D eigenvalue weighted by molar-refractivity contribution is 5.98. The molecule has 0 heterocycles. The lowest BCUT2D eigenvalue weighted by Crippen LogP contribution is -1.97. The SMILES string of the molecule is C/C(=N\O)c1ccc(OCc2ccc(C#N)cc2)cc1. The molecule has 0 saturated heterocycles. The summed E-state index contributed by atoms with van der Waals surface area (Å²) in [7, 11) is 0. The van der Waals surface area contributed by atoms with Crippen molar-refractivity contribution in [3.63, 3.8) is 0 Å². The molecule has 2 rings (SSSR count). The van der Waals surface area contributed by atoms with Crippen LogP contribution in [-0.4, -0.2) is 10.9 Å². The second-order valence-electron chi connectivity index (χ2n) is 4.31. The maximum atomic E-state index is 8.72. The van der Waals surface area contributed by atoms with Crippen LogP contribution in [0.25, 0.3) is 0 Å². The smallest absolute Gasteiger partial charge is 0.119 e. The van der Waals surface area contributed by atoms with Gasteiger partial charge < -0.3 is 9.94 Å². The van der Waals surface area contributed by atoms with E-state index in [2.05, 4.69) is 11.2 Å². The molecule has 4 nitrogen and oxygen atoms in total. The van der Waals surface area contributed by atoms with Gasteiger partial charge in [-0.25, -0.2) is 0 Å². The number of ether oxygens (including phenoxy) is 1. The van der Waals surface area contributed by atoms with E-state index in [9.17, 15) is 0 Å². The average molecular weight is 266 g/mol. The van der Waals surface area contributed by atoms with Gasteiger partial charge in [-0.1, -0.05) is 17.3 Å². The first-order chi connectivity index (χ1) is 9.72. The maximum absolute atomic E-state index is 8.72. The molecule has 20 heavy (non-hydrogen) atoms. The molecule has 2 aromatic rings. The van der Waals surface area contributed by atoms with E-state index in [0.717, 1.165) is 16.9 Å². The summed E-state index contributed by atoms with van der Waals surface area (Å²) in [5, 5.41) is 20.6. The Balaban J connectivity index is 1.98. The average Bonchev–Trinajstić information content (AvgIpc) is 2.53. The Kier molecular flexibility index (Phi) is 4.35. The van der Waals surface area contributed by atoms with Gasteiger partial charge in [0.05, 0.1) is 17.3 Å². The van der Waals surface area contributed by atoms with Gasteiger partial charge in [0.25, 0.3) is 0 Å². The fourth-order valence-electron chi connectivity index (χ4n) is 1.69. The molecule has 1 N–H and O–H groups in total.